The lowest BCUT2D eigenvalue weighted by atomic mass is 10.0. The first-order valence-corrected chi connectivity index (χ1v) is 5.70. The SMILES string of the molecule is CN1CCCC1CC(O)c1ccccc1. The lowest BCUT2D eigenvalue weighted by Crippen LogP contribution is -2.26. The first-order chi connectivity index (χ1) is 7.27. The van der Waals surface area contributed by atoms with Crippen LogP contribution in [0, 0.1) is 0 Å². The van der Waals surface area contributed by atoms with Crippen LogP contribution in [0.3, 0.4) is 0 Å². The molecule has 1 aromatic rings. The van der Waals surface area contributed by atoms with Crippen molar-refractivity contribution in [2.45, 2.75) is 31.4 Å². The number of nitrogens with zero attached hydrogens (tertiary/aromatic N) is 1. The first-order valence-electron chi connectivity index (χ1n) is 5.70. The summed E-state index contributed by atoms with van der Waals surface area (Å²) in [6.07, 6.45) is 3.04. The highest BCUT2D eigenvalue weighted by molar-refractivity contribution is 5.17. The molecule has 15 heavy (non-hydrogen) atoms. The average molecular weight is 205 g/mol. The van der Waals surface area contributed by atoms with E-state index in [0.29, 0.717) is 6.04 Å². The van der Waals surface area contributed by atoms with Crippen molar-refractivity contribution in [3.8, 4) is 0 Å². The molecule has 0 amide bonds. The fourth-order valence-corrected chi connectivity index (χ4v) is 2.35. The number of likely N-dealkylation sites (tertiary alicyclic amines) is 1. The minimum absolute atomic E-state index is 0.309. The molecule has 0 bridgehead atoms. The molecule has 1 aromatic carbocycles. The van der Waals surface area contributed by atoms with E-state index >= 15 is 0 Å². The molecule has 0 aromatic heterocycles. The van der Waals surface area contributed by atoms with Crippen LogP contribution < -0.4 is 0 Å². The van der Waals surface area contributed by atoms with E-state index in [0.717, 1.165) is 12.0 Å². The molecule has 0 radical (unpaired) electrons. The number of hydrogen-bond acceptors (Lipinski definition) is 2. The third-order valence-corrected chi connectivity index (χ3v) is 3.35. The largest absolute Gasteiger partial charge is 0.388 e. The summed E-state index contributed by atoms with van der Waals surface area (Å²) >= 11 is 0. The number of aliphatic hydroxyl groups excluding tert-OH is 1. The Kier molecular flexibility index (Phi) is 3.39. The summed E-state index contributed by atoms with van der Waals surface area (Å²) in [5, 5.41) is 10.1. The first kappa shape index (κ1) is 10.7. The average Bonchev–Trinajstić information content (AvgIpc) is 2.66. The Morgan fingerprint density at radius 1 is 1.40 bits per heavy atom. The van der Waals surface area contributed by atoms with Crippen molar-refractivity contribution in [3.05, 3.63) is 35.9 Å². The second-order valence-corrected chi connectivity index (χ2v) is 4.44. The smallest absolute Gasteiger partial charge is 0.0805 e. The van der Waals surface area contributed by atoms with Crippen molar-refractivity contribution in [2.24, 2.45) is 0 Å². The molecule has 2 rings (SSSR count). The van der Waals surface area contributed by atoms with Crippen LogP contribution in [0.15, 0.2) is 30.3 Å². The molecule has 1 aliphatic rings. The summed E-state index contributed by atoms with van der Waals surface area (Å²) in [4.78, 5) is 2.35. The number of benzene rings is 1. The number of aliphatic hydroxyl groups is 1. The minimum Gasteiger partial charge on any atom is -0.388 e. The molecule has 0 aliphatic carbocycles. The molecule has 2 heteroatoms. The van der Waals surface area contributed by atoms with Gasteiger partial charge in [-0.2, -0.15) is 0 Å². The summed E-state index contributed by atoms with van der Waals surface area (Å²) < 4.78 is 0. The number of rotatable bonds is 3. The van der Waals surface area contributed by atoms with Crippen molar-refractivity contribution in [3.63, 3.8) is 0 Å². The predicted molar refractivity (Wildman–Crippen MR) is 61.7 cm³/mol. The number of hydrogen-bond donors (Lipinski definition) is 1. The van der Waals surface area contributed by atoms with E-state index in [9.17, 15) is 5.11 Å². The minimum atomic E-state index is -0.309. The molecule has 2 nitrogen and oxygen atoms in total. The molecule has 1 fully saturated rings. The Balaban J connectivity index is 1.95. The molecule has 0 spiro atoms. The van der Waals surface area contributed by atoms with Gasteiger partial charge in [0.1, 0.15) is 0 Å². The zero-order chi connectivity index (χ0) is 10.7. The van der Waals surface area contributed by atoms with Crippen LogP contribution in [0.2, 0.25) is 0 Å². The van der Waals surface area contributed by atoms with Gasteiger partial charge in [0.15, 0.2) is 0 Å². The summed E-state index contributed by atoms with van der Waals surface area (Å²) in [7, 11) is 2.15. The zero-order valence-electron chi connectivity index (χ0n) is 9.26. The lowest BCUT2D eigenvalue weighted by molar-refractivity contribution is 0.130. The van der Waals surface area contributed by atoms with E-state index in [-0.39, 0.29) is 6.10 Å². The molecule has 1 heterocycles. The Morgan fingerprint density at radius 3 is 2.73 bits per heavy atom. The maximum atomic E-state index is 10.1. The Hall–Kier alpha value is -0.860. The molecule has 2 atom stereocenters. The maximum Gasteiger partial charge on any atom is 0.0805 e. The molecule has 1 aliphatic heterocycles. The van der Waals surface area contributed by atoms with E-state index in [1.807, 2.05) is 30.3 Å². The maximum absolute atomic E-state index is 10.1. The van der Waals surface area contributed by atoms with Gasteiger partial charge in [0, 0.05) is 6.04 Å². The molecular weight excluding hydrogens is 186 g/mol. The monoisotopic (exact) mass is 205 g/mol. The van der Waals surface area contributed by atoms with Gasteiger partial charge < -0.3 is 10.0 Å². The van der Waals surface area contributed by atoms with Gasteiger partial charge in [0.2, 0.25) is 0 Å². The quantitative estimate of drug-likeness (QED) is 0.817. The Labute approximate surface area is 91.5 Å². The highest BCUT2D eigenvalue weighted by Crippen LogP contribution is 2.25. The predicted octanol–water partition coefficient (Wildman–Crippen LogP) is 2.20. The van der Waals surface area contributed by atoms with Crippen LogP contribution in [0.4, 0.5) is 0 Å². The molecule has 82 valence electrons. The van der Waals surface area contributed by atoms with Crippen LogP contribution in [-0.4, -0.2) is 29.6 Å². The van der Waals surface area contributed by atoms with Crippen molar-refractivity contribution < 1.29 is 5.11 Å². The molecule has 0 saturated carbocycles. The molecule has 1 N–H and O–H groups in total. The van der Waals surface area contributed by atoms with Crippen molar-refractivity contribution in [1.82, 2.24) is 4.90 Å². The second kappa shape index (κ2) is 4.77. The highest BCUT2D eigenvalue weighted by Gasteiger charge is 2.23. The van der Waals surface area contributed by atoms with Crippen molar-refractivity contribution in [2.75, 3.05) is 13.6 Å². The Bertz CT molecular complexity index is 299. The topological polar surface area (TPSA) is 23.5 Å². The summed E-state index contributed by atoms with van der Waals surface area (Å²) in [5.41, 5.74) is 1.04. The van der Waals surface area contributed by atoms with E-state index in [1.165, 1.54) is 19.4 Å². The van der Waals surface area contributed by atoms with Gasteiger partial charge in [-0.3, -0.25) is 0 Å². The van der Waals surface area contributed by atoms with Gasteiger partial charge in [0.25, 0.3) is 0 Å². The van der Waals surface area contributed by atoms with E-state index < -0.39 is 0 Å². The zero-order valence-corrected chi connectivity index (χ0v) is 9.26. The van der Waals surface area contributed by atoms with E-state index in [1.54, 1.807) is 0 Å². The van der Waals surface area contributed by atoms with Crippen molar-refractivity contribution >= 4 is 0 Å². The molecule has 2 unspecified atom stereocenters. The molecular formula is C13H19NO. The van der Waals surface area contributed by atoms with E-state index in [2.05, 4.69) is 11.9 Å². The Morgan fingerprint density at radius 2 is 2.13 bits per heavy atom. The van der Waals surface area contributed by atoms with Gasteiger partial charge in [-0.25, -0.2) is 0 Å². The highest BCUT2D eigenvalue weighted by atomic mass is 16.3. The fraction of sp³-hybridized carbons (Fsp3) is 0.538. The van der Waals surface area contributed by atoms with Crippen LogP contribution in [-0.2, 0) is 0 Å². The van der Waals surface area contributed by atoms with Crippen LogP contribution in [0.5, 0.6) is 0 Å². The third-order valence-electron chi connectivity index (χ3n) is 3.35. The molecule has 1 saturated heterocycles. The summed E-state index contributed by atoms with van der Waals surface area (Å²) in [6.45, 7) is 1.17. The lowest BCUT2D eigenvalue weighted by Gasteiger charge is -2.22. The standard InChI is InChI=1S/C13H19NO/c1-14-9-5-8-12(14)10-13(15)11-6-3-2-4-7-11/h2-4,6-7,12-13,15H,5,8-10H2,1H3. The van der Waals surface area contributed by atoms with Crippen LogP contribution in [0.25, 0.3) is 0 Å². The third kappa shape index (κ3) is 2.58. The van der Waals surface area contributed by atoms with Gasteiger partial charge in [-0.05, 0) is 38.4 Å². The van der Waals surface area contributed by atoms with Gasteiger partial charge in [0.05, 0.1) is 6.10 Å². The van der Waals surface area contributed by atoms with Crippen molar-refractivity contribution in [1.29, 1.82) is 0 Å². The normalized spacial score (nSPS) is 24.3. The second-order valence-electron chi connectivity index (χ2n) is 4.44. The fourth-order valence-electron chi connectivity index (χ4n) is 2.35. The summed E-state index contributed by atoms with van der Waals surface area (Å²) in [6, 6.07) is 10.5. The van der Waals surface area contributed by atoms with E-state index in [4.69, 9.17) is 0 Å². The van der Waals surface area contributed by atoms with Gasteiger partial charge in [-0.15, -0.1) is 0 Å². The van der Waals surface area contributed by atoms with Crippen LogP contribution in [0.1, 0.15) is 30.9 Å². The summed E-state index contributed by atoms with van der Waals surface area (Å²) in [5.74, 6) is 0. The van der Waals surface area contributed by atoms with Gasteiger partial charge >= 0.3 is 0 Å². The van der Waals surface area contributed by atoms with Gasteiger partial charge in [-0.1, -0.05) is 30.3 Å². The van der Waals surface area contributed by atoms with Crippen LogP contribution >= 0.6 is 0 Å².